The summed E-state index contributed by atoms with van der Waals surface area (Å²) in [6, 6.07) is 6.33. The molecule has 0 amide bonds. The zero-order chi connectivity index (χ0) is 13.6. The number of aliphatic hydroxyl groups is 1. The highest BCUT2D eigenvalue weighted by atomic mass is 16.5. The Labute approximate surface area is 110 Å². The van der Waals surface area contributed by atoms with Crippen LogP contribution >= 0.6 is 0 Å². The van der Waals surface area contributed by atoms with Gasteiger partial charge in [-0.05, 0) is 50.4 Å². The molecule has 1 aromatic rings. The fourth-order valence-electron chi connectivity index (χ4n) is 1.89. The van der Waals surface area contributed by atoms with E-state index in [0.717, 1.165) is 25.1 Å². The standard InChI is InChI=1S/C15H25NO2/c1-5-13-10-12(6-7-14(13)18-4)8-9-16-11-15(2,3)17/h6-7,10,16-17H,5,8-9,11H2,1-4H3. The third-order valence-electron chi connectivity index (χ3n) is 2.87. The molecule has 18 heavy (non-hydrogen) atoms. The molecule has 0 atom stereocenters. The topological polar surface area (TPSA) is 41.5 Å². The second-order valence-electron chi connectivity index (χ2n) is 5.24. The number of methoxy groups -OCH3 is 1. The Hall–Kier alpha value is -1.06. The molecular weight excluding hydrogens is 226 g/mol. The van der Waals surface area contributed by atoms with E-state index in [1.807, 2.05) is 19.9 Å². The summed E-state index contributed by atoms with van der Waals surface area (Å²) in [6.07, 6.45) is 1.95. The van der Waals surface area contributed by atoms with Crippen molar-refractivity contribution < 1.29 is 9.84 Å². The fraction of sp³-hybridized carbons (Fsp3) is 0.600. The number of benzene rings is 1. The summed E-state index contributed by atoms with van der Waals surface area (Å²) in [5.74, 6) is 0.964. The predicted molar refractivity (Wildman–Crippen MR) is 75.2 cm³/mol. The first-order valence-corrected chi connectivity index (χ1v) is 6.55. The van der Waals surface area contributed by atoms with Crippen LogP contribution in [0.5, 0.6) is 5.75 Å². The molecule has 0 fully saturated rings. The largest absolute Gasteiger partial charge is 0.496 e. The van der Waals surface area contributed by atoms with Gasteiger partial charge in [0.1, 0.15) is 5.75 Å². The van der Waals surface area contributed by atoms with E-state index in [0.29, 0.717) is 6.54 Å². The number of ether oxygens (including phenoxy) is 1. The zero-order valence-electron chi connectivity index (χ0n) is 11.9. The Morgan fingerprint density at radius 3 is 2.61 bits per heavy atom. The Bertz CT molecular complexity index is 369. The van der Waals surface area contributed by atoms with E-state index in [-0.39, 0.29) is 0 Å². The predicted octanol–water partition coefficient (Wildman–Crippen LogP) is 2.16. The number of nitrogens with one attached hydrogen (secondary N) is 1. The molecule has 1 aromatic carbocycles. The minimum atomic E-state index is -0.644. The normalized spacial score (nSPS) is 11.6. The van der Waals surface area contributed by atoms with Crippen molar-refractivity contribution in [3.63, 3.8) is 0 Å². The average molecular weight is 251 g/mol. The van der Waals surface area contributed by atoms with Crippen molar-refractivity contribution >= 4 is 0 Å². The SMILES string of the molecule is CCc1cc(CCNCC(C)(C)O)ccc1OC. The summed E-state index contributed by atoms with van der Waals surface area (Å²) in [6.45, 7) is 7.24. The molecule has 3 nitrogen and oxygen atoms in total. The molecule has 0 bridgehead atoms. The van der Waals surface area contributed by atoms with Crippen LogP contribution in [0.1, 0.15) is 31.9 Å². The molecule has 0 aliphatic heterocycles. The van der Waals surface area contributed by atoms with Gasteiger partial charge in [0.15, 0.2) is 0 Å². The molecule has 0 radical (unpaired) electrons. The van der Waals surface area contributed by atoms with Crippen LogP contribution in [0.4, 0.5) is 0 Å². The van der Waals surface area contributed by atoms with Gasteiger partial charge in [0, 0.05) is 6.54 Å². The van der Waals surface area contributed by atoms with E-state index in [1.165, 1.54) is 11.1 Å². The highest BCUT2D eigenvalue weighted by Gasteiger charge is 2.10. The van der Waals surface area contributed by atoms with Gasteiger partial charge in [-0.3, -0.25) is 0 Å². The van der Waals surface area contributed by atoms with Crippen LogP contribution in [-0.2, 0) is 12.8 Å². The lowest BCUT2D eigenvalue weighted by Gasteiger charge is -2.17. The minimum absolute atomic E-state index is 0.615. The zero-order valence-corrected chi connectivity index (χ0v) is 11.9. The lowest BCUT2D eigenvalue weighted by atomic mass is 10.0. The first-order chi connectivity index (χ1) is 8.46. The average Bonchev–Trinajstić information content (AvgIpc) is 2.33. The highest BCUT2D eigenvalue weighted by molar-refractivity contribution is 5.37. The molecule has 0 aliphatic rings. The smallest absolute Gasteiger partial charge is 0.122 e. The van der Waals surface area contributed by atoms with E-state index < -0.39 is 5.60 Å². The summed E-state index contributed by atoms with van der Waals surface area (Å²) < 4.78 is 5.31. The Balaban J connectivity index is 2.48. The summed E-state index contributed by atoms with van der Waals surface area (Å²) >= 11 is 0. The molecule has 0 unspecified atom stereocenters. The maximum absolute atomic E-state index is 9.59. The van der Waals surface area contributed by atoms with Crippen LogP contribution in [0.3, 0.4) is 0 Å². The van der Waals surface area contributed by atoms with E-state index in [2.05, 4.69) is 24.4 Å². The van der Waals surface area contributed by atoms with E-state index in [4.69, 9.17) is 4.74 Å². The Morgan fingerprint density at radius 2 is 2.06 bits per heavy atom. The summed E-state index contributed by atoms with van der Waals surface area (Å²) in [5.41, 5.74) is 1.91. The first-order valence-electron chi connectivity index (χ1n) is 6.55. The number of aryl methyl sites for hydroxylation is 1. The van der Waals surface area contributed by atoms with Crippen LogP contribution in [0.2, 0.25) is 0 Å². The molecule has 0 spiro atoms. The van der Waals surface area contributed by atoms with Crippen molar-refractivity contribution in [3.05, 3.63) is 29.3 Å². The van der Waals surface area contributed by atoms with Gasteiger partial charge < -0.3 is 15.2 Å². The van der Waals surface area contributed by atoms with Crippen molar-refractivity contribution in [2.24, 2.45) is 0 Å². The number of hydrogen-bond donors (Lipinski definition) is 2. The van der Waals surface area contributed by atoms with Gasteiger partial charge in [0.05, 0.1) is 12.7 Å². The van der Waals surface area contributed by atoms with Crippen LogP contribution in [0, 0.1) is 0 Å². The van der Waals surface area contributed by atoms with Crippen molar-refractivity contribution in [1.82, 2.24) is 5.32 Å². The van der Waals surface area contributed by atoms with Gasteiger partial charge in [-0.1, -0.05) is 19.1 Å². The lowest BCUT2D eigenvalue weighted by Crippen LogP contribution is -2.35. The second kappa shape index (κ2) is 6.76. The van der Waals surface area contributed by atoms with Gasteiger partial charge in [-0.2, -0.15) is 0 Å². The summed E-state index contributed by atoms with van der Waals surface area (Å²) in [7, 11) is 1.71. The van der Waals surface area contributed by atoms with Crippen molar-refractivity contribution in [2.75, 3.05) is 20.2 Å². The number of hydrogen-bond acceptors (Lipinski definition) is 3. The van der Waals surface area contributed by atoms with Crippen LogP contribution < -0.4 is 10.1 Å². The van der Waals surface area contributed by atoms with E-state index in [9.17, 15) is 5.11 Å². The third-order valence-corrected chi connectivity index (χ3v) is 2.87. The van der Waals surface area contributed by atoms with Gasteiger partial charge in [-0.15, -0.1) is 0 Å². The minimum Gasteiger partial charge on any atom is -0.496 e. The first kappa shape index (κ1) is 15.0. The number of rotatable bonds is 7. The monoisotopic (exact) mass is 251 g/mol. The molecule has 0 saturated heterocycles. The maximum atomic E-state index is 9.59. The highest BCUT2D eigenvalue weighted by Crippen LogP contribution is 2.20. The molecule has 0 heterocycles. The van der Waals surface area contributed by atoms with E-state index >= 15 is 0 Å². The second-order valence-corrected chi connectivity index (χ2v) is 5.24. The van der Waals surface area contributed by atoms with Gasteiger partial charge in [-0.25, -0.2) is 0 Å². The molecule has 0 aromatic heterocycles. The fourth-order valence-corrected chi connectivity index (χ4v) is 1.89. The summed E-state index contributed by atoms with van der Waals surface area (Å²) in [4.78, 5) is 0. The van der Waals surface area contributed by atoms with Crippen LogP contribution in [-0.4, -0.2) is 30.9 Å². The molecule has 3 heteroatoms. The van der Waals surface area contributed by atoms with E-state index in [1.54, 1.807) is 7.11 Å². The van der Waals surface area contributed by atoms with Crippen LogP contribution in [0.15, 0.2) is 18.2 Å². The van der Waals surface area contributed by atoms with Crippen molar-refractivity contribution in [1.29, 1.82) is 0 Å². The van der Waals surface area contributed by atoms with Crippen molar-refractivity contribution in [3.8, 4) is 5.75 Å². The Morgan fingerprint density at radius 1 is 1.33 bits per heavy atom. The third kappa shape index (κ3) is 5.07. The molecule has 2 N–H and O–H groups in total. The molecule has 1 rings (SSSR count). The molecular formula is C15H25NO2. The Kier molecular flexibility index (Phi) is 5.63. The maximum Gasteiger partial charge on any atom is 0.122 e. The lowest BCUT2D eigenvalue weighted by molar-refractivity contribution is 0.0801. The molecule has 102 valence electrons. The van der Waals surface area contributed by atoms with Gasteiger partial charge in [0.2, 0.25) is 0 Å². The van der Waals surface area contributed by atoms with Gasteiger partial charge in [0.25, 0.3) is 0 Å². The van der Waals surface area contributed by atoms with Crippen LogP contribution in [0.25, 0.3) is 0 Å². The van der Waals surface area contributed by atoms with Crippen molar-refractivity contribution in [2.45, 2.75) is 39.2 Å². The quantitative estimate of drug-likeness (QED) is 0.730. The van der Waals surface area contributed by atoms with Gasteiger partial charge >= 0.3 is 0 Å². The summed E-state index contributed by atoms with van der Waals surface area (Å²) in [5, 5.41) is 12.8. The molecule has 0 aliphatic carbocycles. The molecule has 0 saturated carbocycles.